The number of allylic oxidation sites excluding steroid dienone is 2. The Labute approximate surface area is 312 Å². The maximum absolute atomic E-state index is 9.54. The molecule has 0 spiro atoms. The molecule has 0 bridgehead atoms. The minimum atomic E-state index is -0.0824. The summed E-state index contributed by atoms with van der Waals surface area (Å²) in [5.74, 6) is 0. The zero-order valence-corrected chi connectivity index (χ0v) is 30.6. The highest BCUT2D eigenvalue weighted by atomic mass is 15.1. The highest BCUT2D eigenvalue weighted by Crippen LogP contribution is 2.62. The number of nitriles is 1. The minimum absolute atomic E-state index is 0.0258. The fourth-order valence-corrected chi connectivity index (χ4v) is 8.86. The summed E-state index contributed by atoms with van der Waals surface area (Å²) in [5, 5.41) is 11.9. The van der Waals surface area contributed by atoms with E-state index in [1.54, 1.807) is 0 Å². The lowest BCUT2D eigenvalue weighted by Gasteiger charge is -2.28. The molecule has 2 nitrogen and oxygen atoms in total. The second-order valence-electron chi connectivity index (χ2n) is 15.3. The van der Waals surface area contributed by atoms with E-state index in [2.05, 4.69) is 178 Å². The monoisotopic (exact) mass is 680 g/mol. The number of hydrogen-bond acceptors (Lipinski definition) is 2. The van der Waals surface area contributed by atoms with Gasteiger partial charge in [0, 0.05) is 27.6 Å². The largest absolute Gasteiger partial charge is 0.310 e. The molecule has 0 unspecified atom stereocenters. The van der Waals surface area contributed by atoms with Crippen molar-refractivity contribution in [1.82, 2.24) is 0 Å². The van der Waals surface area contributed by atoms with Crippen molar-refractivity contribution in [2.24, 2.45) is 0 Å². The van der Waals surface area contributed by atoms with Gasteiger partial charge in [0.25, 0.3) is 0 Å². The van der Waals surface area contributed by atoms with Gasteiger partial charge in [-0.2, -0.15) is 5.26 Å². The molecule has 0 atom stereocenters. The van der Waals surface area contributed by atoms with Crippen molar-refractivity contribution >= 4 is 51.1 Å². The number of hydrogen-bond donors (Lipinski definition) is 0. The third-order valence-corrected chi connectivity index (χ3v) is 11.5. The van der Waals surface area contributed by atoms with Gasteiger partial charge in [-0.25, -0.2) is 0 Å². The van der Waals surface area contributed by atoms with Gasteiger partial charge >= 0.3 is 0 Å². The first-order chi connectivity index (χ1) is 25.8. The molecular formula is C51H40N2. The Kier molecular flexibility index (Phi) is 7.58. The van der Waals surface area contributed by atoms with Gasteiger partial charge in [0.2, 0.25) is 0 Å². The summed E-state index contributed by atoms with van der Waals surface area (Å²) in [6, 6.07) is 58.5. The van der Waals surface area contributed by atoms with Crippen LogP contribution in [0.1, 0.15) is 66.6 Å². The van der Waals surface area contributed by atoms with Gasteiger partial charge in [-0.1, -0.05) is 155 Å². The summed E-state index contributed by atoms with van der Waals surface area (Å²) in [7, 11) is 0. The van der Waals surface area contributed by atoms with Crippen LogP contribution >= 0.6 is 0 Å². The molecule has 0 fully saturated rings. The quantitative estimate of drug-likeness (QED) is 0.163. The summed E-state index contributed by atoms with van der Waals surface area (Å²) in [4.78, 5) is 2.29. The van der Waals surface area contributed by atoms with E-state index >= 15 is 0 Å². The zero-order valence-electron chi connectivity index (χ0n) is 30.6. The maximum Gasteiger partial charge on any atom is 0.0991 e. The fraction of sp³-hybridized carbons (Fsp3) is 0.118. The molecule has 254 valence electrons. The summed E-state index contributed by atoms with van der Waals surface area (Å²) in [6.07, 6.45) is 4.53. The van der Waals surface area contributed by atoms with E-state index in [1.807, 2.05) is 30.3 Å². The highest BCUT2D eigenvalue weighted by molar-refractivity contribution is 6.10. The Morgan fingerprint density at radius 1 is 0.509 bits per heavy atom. The van der Waals surface area contributed by atoms with Gasteiger partial charge in [0.15, 0.2) is 0 Å². The van der Waals surface area contributed by atoms with E-state index in [0.29, 0.717) is 5.56 Å². The van der Waals surface area contributed by atoms with E-state index in [1.165, 1.54) is 61.0 Å². The maximum atomic E-state index is 9.54. The molecule has 2 heteroatoms. The van der Waals surface area contributed by atoms with Crippen LogP contribution < -0.4 is 4.90 Å². The average Bonchev–Trinajstić information content (AvgIpc) is 3.59. The van der Waals surface area contributed by atoms with Crippen molar-refractivity contribution < 1.29 is 0 Å². The molecule has 0 saturated heterocycles. The van der Waals surface area contributed by atoms with Crippen molar-refractivity contribution in [2.45, 2.75) is 38.5 Å². The van der Waals surface area contributed by atoms with Gasteiger partial charge in [-0.3, -0.25) is 0 Å². The van der Waals surface area contributed by atoms with Gasteiger partial charge in [0.05, 0.1) is 17.3 Å². The summed E-state index contributed by atoms with van der Waals surface area (Å²) in [5.41, 5.74) is 17.0. The normalized spacial score (nSPS) is 14.9. The predicted octanol–water partition coefficient (Wildman–Crippen LogP) is 13.5. The minimum Gasteiger partial charge on any atom is -0.310 e. The van der Waals surface area contributed by atoms with Gasteiger partial charge < -0.3 is 4.90 Å². The SMILES string of the molecule is CC1(C)C2=C(c3ccccc31)C(C)(C)c1cc(/C=C/c3ccc(N(c4ccc(C#N)cc4)c4ccc(-c5ccccc5)cc4)c4ccccc34)ccc12. The van der Waals surface area contributed by atoms with Crippen LogP contribution in [0.2, 0.25) is 0 Å². The third-order valence-electron chi connectivity index (χ3n) is 11.5. The van der Waals surface area contributed by atoms with Crippen LogP contribution in [-0.2, 0) is 10.8 Å². The molecular weight excluding hydrogens is 641 g/mol. The van der Waals surface area contributed by atoms with E-state index in [4.69, 9.17) is 0 Å². The second-order valence-corrected chi connectivity index (χ2v) is 15.3. The predicted molar refractivity (Wildman–Crippen MR) is 223 cm³/mol. The van der Waals surface area contributed by atoms with E-state index in [9.17, 15) is 5.26 Å². The lowest BCUT2D eigenvalue weighted by Crippen LogP contribution is -2.19. The van der Waals surface area contributed by atoms with Crippen LogP contribution in [-0.4, -0.2) is 0 Å². The molecule has 7 aromatic rings. The Hall–Kier alpha value is -6.43. The number of nitrogens with zero attached hydrogens (tertiary/aromatic N) is 2. The van der Waals surface area contributed by atoms with Crippen molar-refractivity contribution in [3.63, 3.8) is 0 Å². The standard InChI is InChI=1S/C51H40N2/c1-50(2)45-17-11-10-16-43(45)48-49(50)44-30-21-34(32-46(44)51(48,3)4)18-22-38-25-31-47(42-15-9-8-14-41(38)42)53(39-26-19-35(33-52)20-27-39)40-28-23-37(24-29-40)36-12-6-5-7-13-36/h5-32H,1-4H3/b22-18+. The van der Waals surface area contributed by atoms with Gasteiger partial charge in [-0.05, 0) is 104 Å². The number of rotatable bonds is 6. The number of fused-ring (bicyclic) bond motifs is 5. The smallest absolute Gasteiger partial charge is 0.0991 e. The summed E-state index contributed by atoms with van der Waals surface area (Å²) in [6.45, 7) is 9.54. The molecule has 0 radical (unpaired) electrons. The molecule has 53 heavy (non-hydrogen) atoms. The Morgan fingerprint density at radius 3 is 1.81 bits per heavy atom. The molecule has 0 amide bonds. The number of anilines is 3. The summed E-state index contributed by atoms with van der Waals surface area (Å²) >= 11 is 0. The molecule has 7 aromatic carbocycles. The molecule has 0 aromatic heterocycles. The second kappa shape index (κ2) is 12.4. The van der Waals surface area contributed by atoms with E-state index in [-0.39, 0.29) is 10.8 Å². The van der Waals surface area contributed by atoms with Crippen LogP contribution in [0.25, 0.3) is 45.2 Å². The zero-order chi connectivity index (χ0) is 36.3. The third kappa shape index (κ3) is 5.23. The molecule has 0 aliphatic heterocycles. The first-order valence-corrected chi connectivity index (χ1v) is 18.4. The topological polar surface area (TPSA) is 27.0 Å². The Balaban J connectivity index is 1.09. The molecule has 2 aliphatic carbocycles. The van der Waals surface area contributed by atoms with Crippen LogP contribution in [0.15, 0.2) is 158 Å². The first-order valence-electron chi connectivity index (χ1n) is 18.4. The lowest BCUT2D eigenvalue weighted by atomic mass is 9.75. The molecule has 0 saturated carbocycles. The van der Waals surface area contributed by atoms with Crippen molar-refractivity contribution in [1.29, 1.82) is 5.26 Å². The molecule has 0 heterocycles. The highest BCUT2D eigenvalue weighted by Gasteiger charge is 2.49. The Bertz CT molecular complexity index is 2650. The Morgan fingerprint density at radius 2 is 1.09 bits per heavy atom. The number of benzene rings is 7. The van der Waals surface area contributed by atoms with Crippen LogP contribution in [0.4, 0.5) is 17.1 Å². The summed E-state index contributed by atoms with van der Waals surface area (Å²) < 4.78 is 0. The lowest BCUT2D eigenvalue weighted by molar-refractivity contribution is 0.694. The van der Waals surface area contributed by atoms with Crippen molar-refractivity contribution in [3.05, 3.63) is 197 Å². The molecule has 2 aliphatic rings. The fourth-order valence-electron chi connectivity index (χ4n) is 8.86. The average molecular weight is 681 g/mol. The van der Waals surface area contributed by atoms with Gasteiger partial charge in [0.1, 0.15) is 0 Å². The van der Waals surface area contributed by atoms with Crippen LogP contribution in [0, 0.1) is 11.3 Å². The van der Waals surface area contributed by atoms with Crippen LogP contribution in [0.5, 0.6) is 0 Å². The van der Waals surface area contributed by atoms with E-state index in [0.717, 1.165) is 22.4 Å². The van der Waals surface area contributed by atoms with Crippen molar-refractivity contribution in [2.75, 3.05) is 4.90 Å². The van der Waals surface area contributed by atoms with Gasteiger partial charge in [-0.15, -0.1) is 0 Å². The van der Waals surface area contributed by atoms with Crippen LogP contribution in [0.3, 0.4) is 0 Å². The first kappa shape index (κ1) is 32.5. The van der Waals surface area contributed by atoms with E-state index < -0.39 is 0 Å². The van der Waals surface area contributed by atoms with Crippen molar-refractivity contribution in [3.8, 4) is 17.2 Å². The molecule has 9 rings (SSSR count). The molecule has 0 N–H and O–H groups in total.